The first-order valence-electron chi connectivity index (χ1n) is 11.4. The normalized spacial score (nSPS) is 17.0. The van der Waals surface area contributed by atoms with Crippen molar-refractivity contribution in [2.24, 2.45) is 0 Å². The van der Waals surface area contributed by atoms with Gasteiger partial charge in [-0.25, -0.2) is 9.97 Å². The number of hydrogen-bond acceptors (Lipinski definition) is 6. The molecule has 4 heterocycles. The van der Waals surface area contributed by atoms with Gasteiger partial charge in [-0.3, -0.25) is 5.10 Å². The summed E-state index contributed by atoms with van der Waals surface area (Å²) in [4.78, 5) is 14.5. The summed E-state index contributed by atoms with van der Waals surface area (Å²) >= 11 is 0. The number of pyridine rings is 2. The Morgan fingerprint density at radius 3 is 2.67 bits per heavy atom. The number of aromatic amines is 1. The minimum Gasteiger partial charge on any atom is -0.494 e. The van der Waals surface area contributed by atoms with Crippen LogP contribution >= 0.6 is 0 Å². The number of aromatic nitrogens is 4. The molecule has 1 aromatic carbocycles. The third kappa shape index (κ3) is 3.82. The number of H-pyrrole nitrogens is 1. The van der Waals surface area contributed by atoms with Gasteiger partial charge in [0, 0.05) is 49.1 Å². The maximum atomic E-state index is 5.69. The largest absolute Gasteiger partial charge is 0.494 e. The molecule has 1 fully saturated rings. The fourth-order valence-electron chi connectivity index (χ4n) is 4.46. The van der Waals surface area contributed by atoms with E-state index in [4.69, 9.17) is 14.7 Å². The van der Waals surface area contributed by atoms with Crippen molar-refractivity contribution in [3.05, 3.63) is 53.7 Å². The maximum Gasteiger partial charge on any atom is 0.147 e. The van der Waals surface area contributed by atoms with E-state index in [0.29, 0.717) is 6.04 Å². The molecule has 4 aromatic rings. The van der Waals surface area contributed by atoms with Gasteiger partial charge in [-0.1, -0.05) is 18.2 Å². The number of nitrogens with zero attached hydrogens (tertiary/aromatic N) is 5. The molecule has 170 valence electrons. The second-order valence-electron chi connectivity index (χ2n) is 8.94. The molecule has 33 heavy (non-hydrogen) atoms. The number of benzene rings is 1. The summed E-state index contributed by atoms with van der Waals surface area (Å²) in [5, 5.41) is 7.70. The molecule has 7 heteroatoms. The van der Waals surface area contributed by atoms with Gasteiger partial charge < -0.3 is 14.5 Å². The molecule has 1 aliphatic rings. The van der Waals surface area contributed by atoms with Crippen molar-refractivity contribution in [2.75, 3.05) is 38.7 Å². The molecule has 0 aliphatic carbocycles. The average molecular weight is 443 g/mol. The van der Waals surface area contributed by atoms with Crippen molar-refractivity contribution in [3.63, 3.8) is 0 Å². The van der Waals surface area contributed by atoms with Crippen LogP contribution in [0.4, 0.5) is 5.82 Å². The van der Waals surface area contributed by atoms with Crippen LogP contribution in [0.25, 0.3) is 33.5 Å². The topological polar surface area (TPSA) is 70.2 Å². The first-order chi connectivity index (χ1) is 16.0. The smallest absolute Gasteiger partial charge is 0.147 e. The number of nitrogens with one attached hydrogen (secondary N) is 1. The van der Waals surface area contributed by atoms with Crippen molar-refractivity contribution in [1.82, 2.24) is 25.1 Å². The van der Waals surface area contributed by atoms with Gasteiger partial charge in [0.2, 0.25) is 0 Å². The Kier molecular flexibility index (Phi) is 5.50. The van der Waals surface area contributed by atoms with Crippen molar-refractivity contribution in [1.29, 1.82) is 0 Å². The number of anilines is 1. The predicted molar refractivity (Wildman–Crippen MR) is 133 cm³/mol. The van der Waals surface area contributed by atoms with E-state index in [1.54, 1.807) is 7.11 Å². The highest BCUT2D eigenvalue weighted by atomic mass is 16.5. The summed E-state index contributed by atoms with van der Waals surface area (Å²) in [7, 11) is 3.85. The molecule has 1 N–H and O–H groups in total. The highest BCUT2D eigenvalue weighted by molar-refractivity contribution is 5.93. The molecular formula is C26H30N6O. The summed E-state index contributed by atoms with van der Waals surface area (Å²) < 4.78 is 5.69. The highest BCUT2D eigenvalue weighted by Gasteiger charge is 2.22. The summed E-state index contributed by atoms with van der Waals surface area (Å²) in [5.41, 5.74) is 7.70. The van der Waals surface area contributed by atoms with E-state index >= 15 is 0 Å². The Morgan fingerprint density at radius 2 is 1.94 bits per heavy atom. The van der Waals surface area contributed by atoms with E-state index in [1.807, 2.05) is 12.3 Å². The average Bonchev–Trinajstić information content (AvgIpc) is 3.25. The Bertz CT molecular complexity index is 1300. The van der Waals surface area contributed by atoms with Gasteiger partial charge in [-0.05, 0) is 51.1 Å². The van der Waals surface area contributed by atoms with Crippen LogP contribution in [0.3, 0.4) is 0 Å². The van der Waals surface area contributed by atoms with Gasteiger partial charge in [-0.15, -0.1) is 0 Å². The van der Waals surface area contributed by atoms with Crippen molar-refractivity contribution >= 4 is 16.9 Å². The lowest BCUT2D eigenvalue weighted by molar-refractivity contribution is 0.233. The Hall–Kier alpha value is -3.45. The highest BCUT2D eigenvalue weighted by Crippen LogP contribution is 2.36. The first kappa shape index (κ1) is 21.4. The first-order valence-corrected chi connectivity index (χ1v) is 11.4. The molecule has 1 saturated heterocycles. The summed E-state index contributed by atoms with van der Waals surface area (Å²) in [6, 6.07) is 12.9. The monoisotopic (exact) mass is 442 g/mol. The molecule has 7 nitrogen and oxygen atoms in total. The van der Waals surface area contributed by atoms with Crippen LogP contribution < -0.4 is 9.64 Å². The number of piperazine rings is 1. The Balaban J connectivity index is 1.53. The van der Waals surface area contributed by atoms with Crippen LogP contribution in [0.1, 0.15) is 18.1 Å². The molecular weight excluding hydrogens is 412 g/mol. The number of aryl methyl sites for hydroxylation is 1. The number of hydrogen-bond donors (Lipinski definition) is 1. The van der Waals surface area contributed by atoms with E-state index < -0.39 is 0 Å². The van der Waals surface area contributed by atoms with Gasteiger partial charge in [0.1, 0.15) is 28.5 Å². The van der Waals surface area contributed by atoms with E-state index in [2.05, 4.69) is 78.1 Å². The quantitative estimate of drug-likeness (QED) is 0.503. The molecule has 0 spiro atoms. The van der Waals surface area contributed by atoms with E-state index in [9.17, 15) is 0 Å². The van der Waals surface area contributed by atoms with Crippen molar-refractivity contribution < 1.29 is 4.74 Å². The molecule has 1 atom stereocenters. The van der Waals surface area contributed by atoms with Gasteiger partial charge in [0.15, 0.2) is 0 Å². The fraction of sp³-hybridized carbons (Fsp3) is 0.346. The number of methoxy groups -OCH3 is 1. The number of ether oxygens (including phenoxy) is 1. The van der Waals surface area contributed by atoms with Crippen LogP contribution in [0.2, 0.25) is 0 Å². The summed E-state index contributed by atoms with van der Waals surface area (Å²) in [6.45, 7) is 9.49. The van der Waals surface area contributed by atoms with Crippen LogP contribution in [-0.2, 0) is 0 Å². The lowest BCUT2D eigenvalue weighted by Crippen LogP contribution is -2.50. The zero-order valence-corrected chi connectivity index (χ0v) is 19.9. The standard InChI is InChI=1S/C26H30N6O/c1-16-7-6-8-20(18(16)3)25-22(33-5)13-21-26(28-25)24(30-29-21)19-9-10-23(27-14-19)32-12-11-31(4)17(2)15-32/h6-10,13-14,17H,11-12,15H2,1-5H3,(H,29,30)/t17-/m1/s1. The second-order valence-corrected chi connectivity index (χ2v) is 8.94. The third-order valence-corrected chi connectivity index (χ3v) is 6.88. The molecule has 0 amide bonds. The minimum absolute atomic E-state index is 0.512. The molecule has 1 aliphatic heterocycles. The zero-order valence-electron chi connectivity index (χ0n) is 19.9. The van der Waals surface area contributed by atoms with Crippen LogP contribution in [-0.4, -0.2) is 64.9 Å². The molecule has 0 saturated carbocycles. The molecule has 0 bridgehead atoms. The van der Waals surface area contributed by atoms with Crippen molar-refractivity contribution in [2.45, 2.75) is 26.8 Å². The van der Waals surface area contributed by atoms with Gasteiger partial charge in [0.25, 0.3) is 0 Å². The zero-order chi connectivity index (χ0) is 23.1. The van der Waals surface area contributed by atoms with Crippen molar-refractivity contribution in [3.8, 4) is 28.3 Å². The molecule has 0 unspecified atom stereocenters. The maximum absolute atomic E-state index is 5.69. The lowest BCUT2D eigenvalue weighted by Gasteiger charge is -2.38. The Morgan fingerprint density at radius 1 is 1.09 bits per heavy atom. The second kappa shape index (κ2) is 8.48. The Labute approximate surface area is 194 Å². The van der Waals surface area contributed by atoms with Gasteiger partial charge >= 0.3 is 0 Å². The SMILES string of the molecule is COc1cc2[nH]nc(-c3ccc(N4CCN(C)[C@H](C)C4)nc3)c2nc1-c1cccc(C)c1C. The summed E-state index contributed by atoms with van der Waals surface area (Å²) in [6.07, 6.45) is 1.90. The van der Waals surface area contributed by atoms with Gasteiger partial charge in [0.05, 0.1) is 12.6 Å². The van der Waals surface area contributed by atoms with E-state index in [-0.39, 0.29) is 0 Å². The fourth-order valence-corrected chi connectivity index (χ4v) is 4.46. The molecule has 3 aromatic heterocycles. The van der Waals surface area contributed by atoms with Crippen LogP contribution in [0.15, 0.2) is 42.6 Å². The predicted octanol–water partition coefficient (Wildman–Crippen LogP) is 4.45. The van der Waals surface area contributed by atoms with Crippen LogP contribution in [0, 0.1) is 13.8 Å². The van der Waals surface area contributed by atoms with Crippen LogP contribution in [0.5, 0.6) is 5.75 Å². The lowest BCUT2D eigenvalue weighted by atomic mass is 9.99. The third-order valence-electron chi connectivity index (χ3n) is 6.88. The number of rotatable bonds is 4. The van der Waals surface area contributed by atoms with E-state index in [0.717, 1.165) is 64.7 Å². The van der Waals surface area contributed by atoms with E-state index in [1.165, 1.54) is 11.1 Å². The minimum atomic E-state index is 0.512. The molecule has 0 radical (unpaired) electrons. The number of fused-ring (bicyclic) bond motifs is 1. The summed E-state index contributed by atoms with van der Waals surface area (Å²) in [5.74, 6) is 1.73. The van der Waals surface area contributed by atoms with Gasteiger partial charge in [-0.2, -0.15) is 5.10 Å². The number of likely N-dealkylation sites (N-methyl/N-ethyl adjacent to an activating group) is 1. The molecule has 5 rings (SSSR count).